The maximum Gasteiger partial charge on any atom is 0.279 e. The Labute approximate surface area is 104 Å². The van der Waals surface area contributed by atoms with Crippen LogP contribution >= 0.6 is 0 Å². The van der Waals surface area contributed by atoms with Crippen molar-refractivity contribution in [2.45, 2.75) is 26.3 Å². The Morgan fingerprint density at radius 3 is 2.41 bits per heavy atom. The predicted octanol–water partition coefficient (Wildman–Crippen LogP) is -0.474. The molecule has 1 aliphatic heterocycles. The number of nitrogens with zero attached hydrogens (tertiary/aromatic N) is 1. The second kappa shape index (κ2) is 6.65. The molecule has 1 saturated heterocycles. The molecule has 0 aromatic heterocycles. The fraction of sp³-hybridized carbons (Fsp3) is 1.00. The van der Waals surface area contributed by atoms with Gasteiger partial charge in [-0.2, -0.15) is 17.4 Å². The van der Waals surface area contributed by atoms with E-state index in [9.17, 15) is 8.42 Å². The Morgan fingerprint density at radius 1 is 1.35 bits per heavy atom. The highest BCUT2D eigenvalue weighted by Gasteiger charge is 2.27. The molecule has 1 unspecified atom stereocenters. The van der Waals surface area contributed by atoms with Crippen LogP contribution in [0.1, 0.15) is 20.3 Å². The van der Waals surface area contributed by atoms with Crippen molar-refractivity contribution < 1.29 is 13.2 Å². The summed E-state index contributed by atoms with van der Waals surface area (Å²) in [7, 11) is -3.40. The SMILES string of the molecule is CC(C)C(CCN)NS(=O)(=O)N1CCOCC1. The average molecular weight is 265 g/mol. The van der Waals surface area contributed by atoms with Crippen LogP contribution in [-0.2, 0) is 14.9 Å². The molecule has 0 radical (unpaired) electrons. The van der Waals surface area contributed by atoms with Crippen molar-refractivity contribution in [3.63, 3.8) is 0 Å². The summed E-state index contributed by atoms with van der Waals surface area (Å²) in [5, 5.41) is 0. The van der Waals surface area contributed by atoms with Crippen LogP contribution in [0.2, 0.25) is 0 Å². The number of ether oxygens (including phenoxy) is 1. The Balaban J connectivity index is 2.62. The molecule has 0 aromatic rings. The van der Waals surface area contributed by atoms with Gasteiger partial charge in [-0.1, -0.05) is 13.8 Å². The third-order valence-electron chi connectivity index (χ3n) is 2.89. The summed E-state index contributed by atoms with van der Waals surface area (Å²) in [5.41, 5.74) is 5.50. The van der Waals surface area contributed by atoms with Gasteiger partial charge in [-0.3, -0.25) is 0 Å². The highest BCUT2D eigenvalue weighted by Crippen LogP contribution is 2.10. The summed E-state index contributed by atoms with van der Waals surface area (Å²) in [6.45, 7) is 6.22. The van der Waals surface area contributed by atoms with E-state index >= 15 is 0 Å². The largest absolute Gasteiger partial charge is 0.379 e. The highest BCUT2D eigenvalue weighted by molar-refractivity contribution is 7.87. The first kappa shape index (κ1) is 14.8. The van der Waals surface area contributed by atoms with E-state index in [1.807, 2.05) is 13.8 Å². The molecule has 1 atom stereocenters. The summed E-state index contributed by atoms with van der Waals surface area (Å²) >= 11 is 0. The van der Waals surface area contributed by atoms with E-state index in [0.717, 1.165) is 0 Å². The summed E-state index contributed by atoms with van der Waals surface area (Å²) < 4.78 is 33.5. The van der Waals surface area contributed by atoms with Gasteiger partial charge in [-0.05, 0) is 18.9 Å². The third kappa shape index (κ3) is 4.51. The number of hydrogen-bond acceptors (Lipinski definition) is 4. The number of nitrogens with two attached hydrogens (primary N) is 1. The van der Waals surface area contributed by atoms with E-state index in [-0.39, 0.29) is 12.0 Å². The third-order valence-corrected chi connectivity index (χ3v) is 4.54. The molecule has 0 saturated carbocycles. The Bertz CT molecular complexity index is 313. The zero-order chi connectivity index (χ0) is 12.9. The number of nitrogens with one attached hydrogen (secondary N) is 1. The van der Waals surface area contributed by atoms with Gasteiger partial charge in [0, 0.05) is 19.1 Å². The van der Waals surface area contributed by atoms with Gasteiger partial charge in [0.25, 0.3) is 10.2 Å². The van der Waals surface area contributed by atoms with Crippen LogP contribution in [0.4, 0.5) is 0 Å². The zero-order valence-electron chi connectivity index (χ0n) is 10.6. The summed E-state index contributed by atoms with van der Waals surface area (Å²) in [5.74, 6) is 0.231. The smallest absolute Gasteiger partial charge is 0.279 e. The van der Waals surface area contributed by atoms with Crippen molar-refractivity contribution in [3.05, 3.63) is 0 Å². The molecule has 0 aliphatic carbocycles. The lowest BCUT2D eigenvalue weighted by molar-refractivity contribution is 0.0722. The summed E-state index contributed by atoms with van der Waals surface area (Å²) in [4.78, 5) is 0. The van der Waals surface area contributed by atoms with E-state index in [0.29, 0.717) is 39.3 Å². The minimum absolute atomic E-state index is 0.104. The molecule has 1 heterocycles. The highest BCUT2D eigenvalue weighted by atomic mass is 32.2. The quantitative estimate of drug-likeness (QED) is 0.680. The molecule has 1 rings (SSSR count). The van der Waals surface area contributed by atoms with Gasteiger partial charge in [-0.25, -0.2) is 0 Å². The van der Waals surface area contributed by atoms with Gasteiger partial charge >= 0.3 is 0 Å². The van der Waals surface area contributed by atoms with Crippen LogP contribution in [0.25, 0.3) is 0 Å². The average Bonchev–Trinajstić information content (AvgIpc) is 2.29. The molecular weight excluding hydrogens is 242 g/mol. The fourth-order valence-corrected chi connectivity index (χ4v) is 3.31. The minimum atomic E-state index is -3.40. The molecule has 6 nitrogen and oxygen atoms in total. The molecule has 0 bridgehead atoms. The topological polar surface area (TPSA) is 84.7 Å². The van der Waals surface area contributed by atoms with E-state index < -0.39 is 10.2 Å². The van der Waals surface area contributed by atoms with Crippen molar-refractivity contribution in [2.24, 2.45) is 11.7 Å². The van der Waals surface area contributed by atoms with Gasteiger partial charge < -0.3 is 10.5 Å². The van der Waals surface area contributed by atoms with Crippen LogP contribution in [0.3, 0.4) is 0 Å². The molecule has 102 valence electrons. The molecule has 17 heavy (non-hydrogen) atoms. The van der Waals surface area contributed by atoms with Gasteiger partial charge in [0.15, 0.2) is 0 Å². The molecule has 0 aromatic carbocycles. The number of rotatable bonds is 6. The minimum Gasteiger partial charge on any atom is -0.379 e. The fourth-order valence-electron chi connectivity index (χ4n) is 1.76. The lowest BCUT2D eigenvalue weighted by Crippen LogP contribution is -2.51. The molecule has 0 amide bonds. The Morgan fingerprint density at radius 2 is 1.94 bits per heavy atom. The van der Waals surface area contributed by atoms with Gasteiger partial charge in [-0.15, -0.1) is 0 Å². The monoisotopic (exact) mass is 265 g/mol. The van der Waals surface area contributed by atoms with Crippen LogP contribution in [0, 0.1) is 5.92 Å². The van der Waals surface area contributed by atoms with Crippen LogP contribution in [0.5, 0.6) is 0 Å². The lowest BCUT2D eigenvalue weighted by Gasteiger charge is -2.29. The van der Waals surface area contributed by atoms with Crippen molar-refractivity contribution in [2.75, 3.05) is 32.8 Å². The van der Waals surface area contributed by atoms with Crippen molar-refractivity contribution in [1.29, 1.82) is 0 Å². The van der Waals surface area contributed by atoms with Crippen LogP contribution in [-0.4, -0.2) is 51.6 Å². The Kier molecular flexibility index (Phi) is 5.81. The zero-order valence-corrected chi connectivity index (χ0v) is 11.4. The maximum absolute atomic E-state index is 12.1. The van der Waals surface area contributed by atoms with Gasteiger partial charge in [0.1, 0.15) is 0 Å². The van der Waals surface area contributed by atoms with Gasteiger partial charge in [0.2, 0.25) is 0 Å². The first-order valence-electron chi connectivity index (χ1n) is 6.02. The number of hydrogen-bond donors (Lipinski definition) is 2. The number of morpholine rings is 1. The molecule has 0 spiro atoms. The first-order chi connectivity index (χ1) is 7.97. The Hall–Kier alpha value is -0.210. The standard InChI is InChI=1S/C10H23N3O3S/c1-9(2)10(3-4-11)12-17(14,15)13-5-7-16-8-6-13/h9-10,12H,3-8,11H2,1-2H3. The molecule has 1 aliphatic rings. The molecule has 7 heteroatoms. The van der Waals surface area contributed by atoms with Gasteiger partial charge in [0.05, 0.1) is 13.2 Å². The summed E-state index contributed by atoms with van der Waals surface area (Å²) in [6, 6.07) is -0.104. The van der Waals surface area contributed by atoms with Crippen molar-refractivity contribution in [3.8, 4) is 0 Å². The van der Waals surface area contributed by atoms with E-state index in [2.05, 4.69) is 4.72 Å². The predicted molar refractivity (Wildman–Crippen MR) is 66.7 cm³/mol. The van der Waals surface area contributed by atoms with E-state index in [4.69, 9.17) is 10.5 Å². The first-order valence-corrected chi connectivity index (χ1v) is 7.46. The molecular formula is C10H23N3O3S. The van der Waals surface area contributed by atoms with Crippen molar-refractivity contribution in [1.82, 2.24) is 9.03 Å². The molecule has 1 fully saturated rings. The molecule has 3 N–H and O–H groups in total. The lowest BCUT2D eigenvalue weighted by atomic mass is 10.0. The van der Waals surface area contributed by atoms with Crippen LogP contribution < -0.4 is 10.5 Å². The second-order valence-electron chi connectivity index (χ2n) is 4.56. The summed E-state index contributed by atoms with van der Waals surface area (Å²) in [6.07, 6.45) is 0.654. The van der Waals surface area contributed by atoms with E-state index in [1.165, 1.54) is 4.31 Å². The normalized spacial score (nSPS) is 20.7. The van der Waals surface area contributed by atoms with E-state index in [1.54, 1.807) is 0 Å². The second-order valence-corrected chi connectivity index (χ2v) is 6.26. The van der Waals surface area contributed by atoms with Crippen molar-refractivity contribution >= 4 is 10.2 Å². The van der Waals surface area contributed by atoms with Crippen LogP contribution in [0.15, 0.2) is 0 Å². The maximum atomic E-state index is 12.1.